The van der Waals surface area contributed by atoms with Gasteiger partial charge in [0.2, 0.25) is 10.0 Å². The fourth-order valence-electron chi connectivity index (χ4n) is 1.98. The highest BCUT2D eigenvalue weighted by molar-refractivity contribution is 7.89. The minimum atomic E-state index is -3.64. The Morgan fingerprint density at radius 3 is 2.86 bits per heavy atom. The van der Waals surface area contributed by atoms with Crippen LogP contribution in [0.4, 0.5) is 0 Å². The van der Waals surface area contributed by atoms with Crippen LogP contribution in [-0.4, -0.2) is 25.2 Å². The molecule has 0 aliphatic heterocycles. The highest BCUT2D eigenvalue weighted by Gasteiger charge is 2.24. The van der Waals surface area contributed by atoms with E-state index in [0.29, 0.717) is 23.7 Å². The normalized spacial score (nSPS) is 11.9. The molecule has 0 unspecified atom stereocenters. The molecule has 0 amide bonds. The van der Waals surface area contributed by atoms with Crippen molar-refractivity contribution in [3.8, 4) is 0 Å². The lowest BCUT2D eigenvalue weighted by Crippen LogP contribution is -2.25. The lowest BCUT2D eigenvalue weighted by molar-refractivity contribution is 0.498. The standard InChI is InChI=1S/C13H20N4O3S/c1-3-6-14-9-12-13(10(2)16-17-12)21(18,19)15-8-11-5-4-7-20-11/h4-5,7,14-15H,3,6,8-9H2,1-2H3,(H,16,17). The van der Waals surface area contributed by atoms with Crippen molar-refractivity contribution in [3.63, 3.8) is 0 Å². The first-order valence-electron chi connectivity index (χ1n) is 6.81. The molecule has 0 aliphatic rings. The fourth-order valence-corrected chi connectivity index (χ4v) is 3.33. The van der Waals surface area contributed by atoms with Crippen molar-refractivity contribution in [3.05, 3.63) is 35.5 Å². The highest BCUT2D eigenvalue weighted by Crippen LogP contribution is 2.17. The second-order valence-corrected chi connectivity index (χ2v) is 6.41. The summed E-state index contributed by atoms with van der Waals surface area (Å²) >= 11 is 0. The zero-order chi connectivity index (χ0) is 15.3. The van der Waals surface area contributed by atoms with Crippen LogP contribution in [0.25, 0.3) is 0 Å². The molecule has 0 fully saturated rings. The van der Waals surface area contributed by atoms with Gasteiger partial charge in [0.15, 0.2) is 0 Å². The van der Waals surface area contributed by atoms with Gasteiger partial charge in [0.25, 0.3) is 0 Å². The predicted molar refractivity (Wildman–Crippen MR) is 78.1 cm³/mol. The fraction of sp³-hybridized carbons (Fsp3) is 0.462. The minimum Gasteiger partial charge on any atom is -0.468 e. The van der Waals surface area contributed by atoms with E-state index in [1.165, 1.54) is 6.26 Å². The number of rotatable bonds is 8. The number of H-pyrrole nitrogens is 1. The van der Waals surface area contributed by atoms with Crippen LogP contribution < -0.4 is 10.0 Å². The van der Waals surface area contributed by atoms with E-state index in [9.17, 15) is 8.42 Å². The Morgan fingerprint density at radius 2 is 2.19 bits per heavy atom. The largest absolute Gasteiger partial charge is 0.468 e. The summed E-state index contributed by atoms with van der Waals surface area (Å²) in [5.41, 5.74) is 1.02. The maximum Gasteiger partial charge on any atom is 0.244 e. The second kappa shape index (κ2) is 6.88. The Balaban J connectivity index is 2.13. The summed E-state index contributed by atoms with van der Waals surface area (Å²) in [6, 6.07) is 3.43. The molecule has 21 heavy (non-hydrogen) atoms. The predicted octanol–water partition coefficient (Wildman–Crippen LogP) is 1.29. The van der Waals surface area contributed by atoms with Gasteiger partial charge in [-0.2, -0.15) is 5.10 Å². The van der Waals surface area contributed by atoms with Gasteiger partial charge >= 0.3 is 0 Å². The Morgan fingerprint density at radius 1 is 1.38 bits per heavy atom. The summed E-state index contributed by atoms with van der Waals surface area (Å²) in [4.78, 5) is 0.206. The van der Waals surface area contributed by atoms with Gasteiger partial charge in [0, 0.05) is 6.54 Å². The molecule has 2 aromatic rings. The van der Waals surface area contributed by atoms with Gasteiger partial charge in [-0.25, -0.2) is 13.1 Å². The molecule has 0 aromatic carbocycles. The topological polar surface area (TPSA) is 100 Å². The summed E-state index contributed by atoms with van der Waals surface area (Å²) in [6.07, 6.45) is 2.48. The van der Waals surface area contributed by atoms with Crippen LogP contribution in [0.1, 0.15) is 30.5 Å². The molecule has 0 radical (unpaired) electrons. The number of aromatic nitrogens is 2. The van der Waals surface area contributed by atoms with Gasteiger partial charge in [0.1, 0.15) is 10.7 Å². The van der Waals surface area contributed by atoms with E-state index in [1.54, 1.807) is 19.1 Å². The molecule has 0 saturated carbocycles. The van der Waals surface area contributed by atoms with Crippen LogP contribution in [0, 0.1) is 6.92 Å². The summed E-state index contributed by atoms with van der Waals surface area (Å²) in [5.74, 6) is 0.561. The molecular weight excluding hydrogens is 292 g/mol. The summed E-state index contributed by atoms with van der Waals surface area (Å²) < 4.78 is 32.5. The van der Waals surface area contributed by atoms with Crippen LogP contribution in [0.5, 0.6) is 0 Å². The maximum atomic E-state index is 12.4. The molecule has 0 bridgehead atoms. The third-order valence-corrected chi connectivity index (χ3v) is 4.57. The Hall–Kier alpha value is -1.64. The molecule has 8 heteroatoms. The van der Waals surface area contributed by atoms with Crippen LogP contribution in [0.2, 0.25) is 0 Å². The van der Waals surface area contributed by atoms with Crippen LogP contribution in [-0.2, 0) is 23.1 Å². The van der Waals surface area contributed by atoms with E-state index in [1.807, 2.05) is 6.92 Å². The van der Waals surface area contributed by atoms with Gasteiger partial charge in [-0.1, -0.05) is 6.92 Å². The van der Waals surface area contributed by atoms with Gasteiger partial charge in [-0.3, -0.25) is 5.10 Å². The van der Waals surface area contributed by atoms with Gasteiger partial charge in [0.05, 0.1) is 24.2 Å². The lowest BCUT2D eigenvalue weighted by atomic mass is 10.3. The van der Waals surface area contributed by atoms with Crippen molar-refractivity contribution in [1.82, 2.24) is 20.2 Å². The zero-order valence-corrected chi connectivity index (χ0v) is 13.0. The molecule has 7 nitrogen and oxygen atoms in total. The average molecular weight is 312 g/mol. The third kappa shape index (κ3) is 3.93. The van der Waals surface area contributed by atoms with E-state index in [2.05, 4.69) is 20.2 Å². The number of aryl methyl sites for hydroxylation is 1. The zero-order valence-electron chi connectivity index (χ0n) is 12.1. The first-order chi connectivity index (χ1) is 10.0. The number of nitrogens with zero attached hydrogens (tertiary/aromatic N) is 1. The van der Waals surface area contributed by atoms with Crippen molar-refractivity contribution in [2.24, 2.45) is 0 Å². The Labute approximate surface area is 124 Å². The Kier molecular flexibility index (Phi) is 5.16. The van der Waals surface area contributed by atoms with Crippen LogP contribution in [0.15, 0.2) is 27.7 Å². The van der Waals surface area contributed by atoms with E-state index < -0.39 is 10.0 Å². The molecule has 3 N–H and O–H groups in total. The molecule has 2 rings (SSSR count). The van der Waals surface area contributed by atoms with E-state index >= 15 is 0 Å². The van der Waals surface area contributed by atoms with Crippen molar-refractivity contribution < 1.29 is 12.8 Å². The van der Waals surface area contributed by atoms with Crippen molar-refractivity contribution in [2.45, 2.75) is 38.3 Å². The monoisotopic (exact) mass is 312 g/mol. The van der Waals surface area contributed by atoms with Gasteiger partial charge in [-0.15, -0.1) is 0 Å². The van der Waals surface area contributed by atoms with Crippen molar-refractivity contribution >= 4 is 10.0 Å². The van der Waals surface area contributed by atoms with Gasteiger partial charge in [-0.05, 0) is 32.0 Å². The molecule has 0 aliphatic carbocycles. The van der Waals surface area contributed by atoms with Crippen molar-refractivity contribution in [2.75, 3.05) is 6.54 Å². The van der Waals surface area contributed by atoms with Crippen LogP contribution >= 0.6 is 0 Å². The molecular formula is C13H20N4O3S. The smallest absolute Gasteiger partial charge is 0.244 e. The quantitative estimate of drug-likeness (QED) is 0.638. The summed E-state index contributed by atoms with van der Waals surface area (Å²) in [7, 11) is -3.64. The second-order valence-electron chi connectivity index (χ2n) is 4.71. The number of hydrogen-bond donors (Lipinski definition) is 3. The highest BCUT2D eigenvalue weighted by atomic mass is 32.2. The van der Waals surface area contributed by atoms with E-state index in [-0.39, 0.29) is 11.4 Å². The Bertz CT molecular complexity index is 662. The first kappa shape index (κ1) is 15.7. The number of sulfonamides is 1. The average Bonchev–Trinajstić information content (AvgIpc) is 3.07. The van der Waals surface area contributed by atoms with Gasteiger partial charge < -0.3 is 9.73 Å². The number of aromatic amines is 1. The third-order valence-electron chi connectivity index (χ3n) is 2.97. The SMILES string of the molecule is CCCNCc1n[nH]c(C)c1S(=O)(=O)NCc1ccco1. The molecule has 0 spiro atoms. The minimum absolute atomic E-state index is 0.113. The summed E-state index contributed by atoms with van der Waals surface area (Å²) in [6.45, 7) is 5.07. The molecule has 2 aromatic heterocycles. The molecule has 0 atom stereocenters. The van der Waals surface area contributed by atoms with E-state index in [0.717, 1.165) is 13.0 Å². The molecule has 2 heterocycles. The van der Waals surface area contributed by atoms with E-state index in [4.69, 9.17) is 4.42 Å². The first-order valence-corrected chi connectivity index (χ1v) is 8.29. The van der Waals surface area contributed by atoms with Crippen LogP contribution in [0.3, 0.4) is 0 Å². The molecule has 0 saturated heterocycles. The lowest BCUT2D eigenvalue weighted by Gasteiger charge is -2.07. The number of nitrogens with one attached hydrogen (secondary N) is 3. The summed E-state index contributed by atoms with van der Waals surface area (Å²) in [5, 5.41) is 9.95. The number of hydrogen-bond acceptors (Lipinski definition) is 5. The molecule has 116 valence electrons. The number of furan rings is 1. The maximum absolute atomic E-state index is 12.4. The van der Waals surface area contributed by atoms with Crippen molar-refractivity contribution in [1.29, 1.82) is 0 Å².